The van der Waals surface area contributed by atoms with Crippen molar-refractivity contribution in [3.05, 3.63) is 18.1 Å². The van der Waals surface area contributed by atoms with Gasteiger partial charge in [-0.3, -0.25) is 4.98 Å². The predicted molar refractivity (Wildman–Crippen MR) is 66.4 cm³/mol. The Kier molecular flexibility index (Phi) is 3.13. The first kappa shape index (κ1) is 11.4. The van der Waals surface area contributed by atoms with Crippen LogP contribution in [0.1, 0.15) is 45.2 Å². The smallest absolute Gasteiger partial charge is 0.147 e. The molecule has 1 aliphatic carbocycles. The number of nitrogens with one attached hydrogen (secondary N) is 1. The Morgan fingerprint density at radius 3 is 2.69 bits per heavy atom. The van der Waals surface area contributed by atoms with Gasteiger partial charge < -0.3 is 5.32 Å². The summed E-state index contributed by atoms with van der Waals surface area (Å²) in [6.07, 6.45) is 8.70. The van der Waals surface area contributed by atoms with Crippen molar-refractivity contribution in [2.75, 3.05) is 5.32 Å². The Hall–Kier alpha value is -1.12. The van der Waals surface area contributed by atoms with E-state index < -0.39 is 0 Å². The van der Waals surface area contributed by atoms with Crippen LogP contribution in [-0.2, 0) is 0 Å². The summed E-state index contributed by atoms with van der Waals surface area (Å²) in [7, 11) is 0. The monoisotopic (exact) mass is 219 g/mol. The minimum absolute atomic E-state index is 0.363. The molecule has 88 valence electrons. The minimum Gasteiger partial charge on any atom is -0.365 e. The summed E-state index contributed by atoms with van der Waals surface area (Å²) in [6.45, 7) is 6.69. The van der Waals surface area contributed by atoms with Gasteiger partial charge in [0, 0.05) is 18.4 Å². The molecule has 0 radical (unpaired) electrons. The molecule has 3 nitrogen and oxygen atoms in total. The Bertz CT molecular complexity index is 360. The fourth-order valence-electron chi connectivity index (χ4n) is 2.48. The topological polar surface area (TPSA) is 37.8 Å². The molecule has 1 unspecified atom stereocenters. The normalized spacial score (nSPS) is 24.1. The van der Waals surface area contributed by atoms with E-state index in [-0.39, 0.29) is 0 Å². The summed E-state index contributed by atoms with van der Waals surface area (Å²) < 4.78 is 0. The van der Waals surface area contributed by atoms with Crippen molar-refractivity contribution in [1.82, 2.24) is 9.97 Å². The highest BCUT2D eigenvalue weighted by Gasteiger charge is 2.32. The van der Waals surface area contributed by atoms with Crippen LogP contribution in [0.4, 0.5) is 5.82 Å². The molecule has 0 aromatic carbocycles. The van der Waals surface area contributed by atoms with Crippen LogP contribution in [0.3, 0.4) is 0 Å². The van der Waals surface area contributed by atoms with E-state index in [1.54, 1.807) is 12.4 Å². The van der Waals surface area contributed by atoms with Crippen LogP contribution in [-0.4, -0.2) is 16.0 Å². The summed E-state index contributed by atoms with van der Waals surface area (Å²) in [4.78, 5) is 8.63. The molecular formula is C13H21N3. The van der Waals surface area contributed by atoms with E-state index in [9.17, 15) is 0 Å². The van der Waals surface area contributed by atoms with Crippen molar-refractivity contribution in [1.29, 1.82) is 0 Å². The molecule has 2 rings (SSSR count). The maximum atomic E-state index is 4.36. The lowest BCUT2D eigenvalue weighted by Gasteiger charge is -2.39. The lowest BCUT2D eigenvalue weighted by molar-refractivity contribution is 0.216. The first-order valence-electron chi connectivity index (χ1n) is 6.14. The third-order valence-corrected chi connectivity index (χ3v) is 3.70. The van der Waals surface area contributed by atoms with Gasteiger partial charge in [0.2, 0.25) is 0 Å². The highest BCUT2D eigenvalue weighted by molar-refractivity contribution is 5.40. The van der Waals surface area contributed by atoms with Crippen LogP contribution >= 0.6 is 0 Å². The second-order valence-electron chi connectivity index (χ2n) is 5.42. The number of nitrogens with zero attached hydrogens (tertiary/aromatic N) is 2. The summed E-state index contributed by atoms with van der Waals surface area (Å²) in [5, 5.41) is 3.57. The van der Waals surface area contributed by atoms with E-state index in [1.165, 1.54) is 25.7 Å². The quantitative estimate of drug-likeness (QED) is 0.830. The number of hydrogen-bond donors (Lipinski definition) is 1. The van der Waals surface area contributed by atoms with Gasteiger partial charge in [-0.25, -0.2) is 4.98 Å². The molecule has 1 N–H and O–H groups in total. The van der Waals surface area contributed by atoms with Gasteiger partial charge >= 0.3 is 0 Å². The Morgan fingerprint density at radius 2 is 2.00 bits per heavy atom. The summed E-state index contributed by atoms with van der Waals surface area (Å²) in [6, 6.07) is 0.525. The SMILES string of the molecule is Cc1nccnc1NC1CCCCC1(C)C. The van der Waals surface area contributed by atoms with Crippen molar-refractivity contribution in [3.8, 4) is 0 Å². The lowest BCUT2D eigenvalue weighted by atomic mass is 9.73. The summed E-state index contributed by atoms with van der Waals surface area (Å²) in [5.41, 5.74) is 1.35. The molecule has 1 aliphatic rings. The molecule has 0 amide bonds. The van der Waals surface area contributed by atoms with Crippen molar-refractivity contribution >= 4 is 5.82 Å². The predicted octanol–water partition coefficient (Wildman–Crippen LogP) is 3.17. The van der Waals surface area contributed by atoms with Crippen molar-refractivity contribution in [2.45, 2.75) is 52.5 Å². The molecule has 1 saturated carbocycles. The van der Waals surface area contributed by atoms with E-state index >= 15 is 0 Å². The molecule has 3 heteroatoms. The third kappa shape index (κ3) is 2.34. The van der Waals surface area contributed by atoms with Gasteiger partial charge in [-0.2, -0.15) is 0 Å². The second kappa shape index (κ2) is 4.40. The van der Waals surface area contributed by atoms with Gasteiger partial charge in [-0.1, -0.05) is 26.7 Å². The average molecular weight is 219 g/mol. The molecule has 0 bridgehead atoms. The highest BCUT2D eigenvalue weighted by Crippen LogP contribution is 2.37. The van der Waals surface area contributed by atoms with Gasteiger partial charge in [0.25, 0.3) is 0 Å². The zero-order valence-corrected chi connectivity index (χ0v) is 10.5. The lowest BCUT2D eigenvalue weighted by Crippen LogP contribution is -2.39. The largest absolute Gasteiger partial charge is 0.365 e. The van der Waals surface area contributed by atoms with E-state index in [4.69, 9.17) is 0 Å². The zero-order chi connectivity index (χ0) is 11.6. The van der Waals surface area contributed by atoms with Crippen LogP contribution in [0.5, 0.6) is 0 Å². The molecule has 1 atom stereocenters. The van der Waals surface area contributed by atoms with Crippen LogP contribution in [0.25, 0.3) is 0 Å². The van der Waals surface area contributed by atoms with E-state index in [0.29, 0.717) is 11.5 Å². The zero-order valence-electron chi connectivity index (χ0n) is 10.5. The van der Waals surface area contributed by atoms with E-state index in [2.05, 4.69) is 29.1 Å². The van der Waals surface area contributed by atoms with Crippen LogP contribution in [0.15, 0.2) is 12.4 Å². The van der Waals surface area contributed by atoms with Crippen molar-refractivity contribution in [2.24, 2.45) is 5.41 Å². The van der Waals surface area contributed by atoms with Crippen molar-refractivity contribution in [3.63, 3.8) is 0 Å². The number of aromatic nitrogens is 2. The van der Waals surface area contributed by atoms with Crippen LogP contribution in [0, 0.1) is 12.3 Å². The number of aryl methyl sites for hydroxylation is 1. The van der Waals surface area contributed by atoms with Crippen molar-refractivity contribution < 1.29 is 0 Å². The maximum absolute atomic E-state index is 4.36. The van der Waals surface area contributed by atoms with Gasteiger partial charge in [0.05, 0.1) is 5.69 Å². The molecule has 0 aliphatic heterocycles. The Balaban J connectivity index is 2.12. The first-order chi connectivity index (χ1) is 7.59. The molecule has 1 aromatic rings. The van der Waals surface area contributed by atoms with Gasteiger partial charge in [-0.05, 0) is 25.2 Å². The van der Waals surface area contributed by atoms with Gasteiger partial charge in [0.1, 0.15) is 5.82 Å². The minimum atomic E-state index is 0.363. The molecule has 1 heterocycles. The van der Waals surface area contributed by atoms with E-state index in [0.717, 1.165) is 11.5 Å². The molecule has 16 heavy (non-hydrogen) atoms. The maximum Gasteiger partial charge on any atom is 0.147 e. The molecular weight excluding hydrogens is 198 g/mol. The van der Waals surface area contributed by atoms with E-state index in [1.807, 2.05) is 6.92 Å². The third-order valence-electron chi connectivity index (χ3n) is 3.70. The molecule has 0 saturated heterocycles. The molecule has 1 aromatic heterocycles. The highest BCUT2D eigenvalue weighted by atomic mass is 15.0. The van der Waals surface area contributed by atoms with Crippen LogP contribution < -0.4 is 5.32 Å². The summed E-state index contributed by atoms with van der Waals surface area (Å²) in [5.74, 6) is 0.947. The Morgan fingerprint density at radius 1 is 1.25 bits per heavy atom. The average Bonchev–Trinajstić information content (AvgIpc) is 2.24. The van der Waals surface area contributed by atoms with Gasteiger partial charge in [-0.15, -0.1) is 0 Å². The van der Waals surface area contributed by atoms with Gasteiger partial charge in [0.15, 0.2) is 0 Å². The second-order valence-corrected chi connectivity index (χ2v) is 5.42. The number of hydrogen-bond acceptors (Lipinski definition) is 3. The fraction of sp³-hybridized carbons (Fsp3) is 0.692. The molecule has 1 fully saturated rings. The van der Waals surface area contributed by atoms with Crippen LogP contribution in [0.2, 0.25) is 0 Å². The molecule has 0 spiro atoms. The number of anilines is 1. The Labute approximate surface area is 97.7 Å². The summed E-state index contributed by atoms with van der Waals surface area (Å²) >= 11 is 0. The first-order valence-corrected chi connectivity index (χ1v) is 6.14. The standard InChI is InChI=1S/C13H21N3/c1-10-12(15-9-8-14-10)16-11-6-4-5-7-13(11,2)3/h8-9,11H,4-7H2,1-3H3,(H,15,16). The number of rotatable bonds is 2. The fourth-order valence-corrected chi connectivity index (χ4v) is 2.48.